The molecule has 0 saturated heterocycles. The topological polar surface area (TPSA) is 47.0 Å². The molecular formula is C12H20ClN3O. The molecule has 0 spiro atoms. The van der Waals surface area contributed by atoms with Gasteiger partial charge in [0.15, 0.2) is 0 Å². The molecule has 1 rings (SSSR count). The number of hydrogen-bond acceptors (Lipinski definition) is 4. The van der Waals surface area contributed by atoms with E-state index in [-0.39, 0.29) is 0 Å². The van der Waals surface area contributed by atoms with Crippen LogP contribution in [0, 0.1) is 5.92 Å². The number of hydrogen-bond donors (Lipinski definition) is 1. The van der Waals surface area contributed by atoms with Crippen molar-refractivity contribution >= 4 is 17.4 Å². The normalized spacial score (nSPS) is 10.9. The van der Waals surface area contributed by atoms with Gasteiger partial charge in [0.25, 0.3) is 0 Å². The van der Waals surface area contributed by atoms with Gasteiger partial charge < -0.3 is 10.1 Å². The van der Waals surface area contributed by atoms with Crippen LogP contribution >= 0.6 is 11.6 Å². The Bertz CT molecular complexity index is 345. The lowest BCUT2D eigenvalue weighted by Gasteiger charge is -2.11. The minimum absolute atomic E-state index is 0.521. The van der Waals surface area contributed by atoms with Crippen molar-refractivity contribution in [2.75, 3.05) is 25.1 Å². The molecule has 5 heteroatoms. The van der Waals surface area contributed by atoms with Crippen molar-refractivity contribution in [1.82, 2.24) is 9.97 Å². The molecule has 0 aliphatic heterocycles. The van der Waals surface area contributed by atoms with Gasteiger partial charge >= 0.3 is 0 Å². The van der Waals surface area contributed by atoms with Crippen LogP contribution < -0.4 is 5.32 Å². The summed E-state index contributed by atoms with van der Waals surface area (Å²) in [5, 5.41) is 3.74. The van der Waals surface area contributed by atoms with Crippen molar-refractivity contribution in [2.24, 2.45) is 5.92 Å². The Hall–Kier alpha value is -0.870. The number of nitrogens with zero attached hydrogens (tertiary/aromatic N) is 2. The fourth-order valence-corrected chi connectivity index (χ4v) is 1.68. The van der Waals surface area contributed by atoms with Crippen LogP contribution in [0.2, 0.25) is 5.15 Å². The zero-order chi connectivity index (χ0) is 12.7. The molecule has 0 aliphatic carbocycles. The van der Waals surface area contributed by atoms with Crippen LogP contribution in [0.4, 0.5) is 5.82 Å². The number of aromatic nitrogens is 2. The molecule has 1 aromatic heterocycles. The van der Waals surface area contributed by atoms with Crippen molar-refractivity contribution in [3.05, 3.63) is 17.0 Å². The lowest BCUT2D eigenvalue weighted by Crippen LogP contribution is -2.14. The fourth-order valence-electron chi connectivity index (χ4n) is 1.42. The van der Waals surface area contributed by atoms with Crippen LogP contribution in [-0.2, 0) is 11.2 Å². The summed E-state index contributed by atoms with van der Waals surface area (Å²) >= 11 is 5.99. The molecule has 1 N–H and O–H groups in total. The minimum Gasteiger partial charge on any atom is -0.379 e. The molecule has 0 amide bonds. The lowest BCUT2D eigenvalue weighted by atomic mass is 10.2. The first kappa shape index (κ1) is 14.2. The Morgan fingerprint density at radius 1 is 1.41 bits per heavy atom. The highest BCUT2D eigenvalue weighted by atomic mass is 35.5. The second-order valence-electron chi connectivity index (χ2n) is 4.24. The minimum atomic E-state index is 0.521. The summed E-state index contributed by atoms with van der Waals surface area (Å²) in [6, 6.07) is 0. The van der Waals surface area contributed by atoms with Crippen LogP contribution in [0.5, 0.6) is 0 Å². The van der Waals surface area contributed by atoms with E-state index < -0.39 is 0 Å². The number of anilines is 1. The highest BCUT2D eigenvalue weighted by Crippen LogP contribution is 2.19. The quantitative estimate of drug-likeness (QED) is 0.603. The van der Waals surface area contributed by atoms with Gasteiger partial charge in [0.05, 0.1) is 6.61 Å². The van der Waals surface area contributed by atoms with Crippen LogP contribution in [-0.4, -0.2) is 29.7 Å². The van der Waals surface area contributed by atoms with Gasteiger partial charge in [-0.1, -0.05) is 32.4 Å². The molecular weight excluding hydrogens is 238 g/mol. The Balaban J connectivity index is 2.39. The van der Waals surface area contributed by atoms with Gasteiger partial charge in [-0.05, 0) is 12.3 Å². The predicted octanol–water partition coefficient (Wildman–Crippen LogP) is 2.78. The van der Waals surface area contributed by atoms with E-state index in [1.54, 1.807) is 0 Å². The van der Waals surface area contributed by atoms with Crippen molar-refractivity contribution in [3.8, 4) is 0 Å². The average Bonchev–Trinajstić information content (AvgIpc) is 2.28. The van der Waals surface area contributed by atoms with Gasteiger partial charge in [-0.3, -0.25) is 0 Å². The van der Waals surface area contributed by atoms with E-state index in [0.29, 0.717) is 17.7 Å². The highest BCUT2D eigenvalue weighted by molar-refractivity contribution is 6.30. The fraction of sp³-hybridized carbons (Fsp3) is 0.667. The van der Waals surface area contributed by atoms with Crippen LogP contribution in [0.15, 0.2) is 6.33 Å². The highest BCUT2D eigenvalue weighted by Gasteiger charge is 2.06. The van der Waals surface area contributed by atoms with E-state index >= 15 is 0 Å². The monoisotopic (exact) mass is 257 g/mol. The third kappa shape index (κ3) is 4.88. The SMILES string of the molecule is CCc1c(Cl)ncnc1NCCOCC(C)C. The molecule has 0 bridgehead atoms. The molecule has 1 aromatic rings. The summed E-state index contributed by atoms with van der Waals surface area (Å²) < 4.78 is 5.48. The third-order valence-corrected chi connectivity index (χ3v) is 2.56. The molecule has 4 nitrogen and oxygen atoms in total. The Labute approximate surface area is 108 Å². The molecule has 17 heavy (non-hydrogen) atoms. The van der Waals surface area contributed by atoms with E-state index in [4.69, 9.17) is 16.3 Å². The maximum Gasteiger partial charge on any atom is 0.137 e. The van der Waals surface area contributed by atoms with Gasteiger partial charge in [0.2, 0.25) is 0 Å². The second-order valence-corrected chi connectivity index (χ2v) is 4.60. The number of ether oxygens (including phenoxy) is 1. The van der Waals surface area contributed by atoms with Gasteiger partial charge in [0.1, 0.15) is 17.3 Å². The van der Waals surface area contributed by atoms with Crippen molar-refractivity contribution < 1.29 is 4.74 Å². The van der Waals surface area contributed by atoms with E-state index in [1.165, 1.54) is 6.33 Å². The smallest absolute Gasteiger partial charge is 0.137 e. The molecule has 0 aliphatic rings. The average molecular weight is 258 g/mol. The first-order chi connectivity index (χ1) is 8.15. The van der Waals surface area contributed by atoms with E-state index in [9.17, 15) is 0 Å². The van der Waals surface area contributed by atoms with Crippen LogP contribution in [0.3, 0.4) is 0 Å². The van der Waals surface area contributed by atoms with E-state index in [1.807, 2.05) is 6.92 Å². The second kappa shape index (κ2) is 7.45. The van der Waals surface area contributed by atoms with Crippen LogP contribution in [0.25, 0.3) is 0 Å². The zero-order valence-electron chi connectivity index (χ0n) is 10.7. The predicted molar refractivity (Wildman–Crippen MR) is 70.6 cm³/mol. The standard InChI is InChI=1S/C12H20ClN3O/c1-4-10-11(13)15-8-16-12(10)14-5-6-17-7-9(2)3/h8-9H,4-7H2,1-3H3,(H,14,15,16). The summed E-state index contributed by atoms with van der Waals surface area (Å²) in [6.07, 6.45) is 2.29. The first-order valence-corrected chi connectivity index (χ1v) is 6.34. The summed E-state index contributed by atoms with van der Waals surface area (Å²) in [5.74, 6) is 1.37. The molecule has 0 radical (unpaired) electrons. The van der Waals surface area contributed by atoms with Crippen molar-refractivity contribution in [2.45, 2.75) is 27.2 Å². The number of halogens is 1. The maximum atomic E-state index is 5.99. The summed E-state index contributed by atoms with van der Waals surface area (Å²) in [7, 11) is 0. The Morgan fingerprint density at radius 2 is 2.18 bits per heavy atom. The molecule has 1 heterocycles. The maximum absolute atomic E-state index is 5.99. The van der Waals surface area contributed by atoms with Gasteiger partial charge in [-0.15, -0.1) is 0 Å². The molecule has 0 unspecified atom stereocenters. The largest absolute Gasteiger partial charge is 0.379 e. The summed E-state index contributed by atoms with van der Waals surface area (Å²) in [6.45, 7) is 8.48. The summed E-state index contributed by atoms with van der Waals surface area (Å²) in [5.41, 5.74) is 0.957. The van der Waals surface area contributed by atoms with Gasteiger partial charge in [-0.25, -0.2) is 9.97 Å². The molecule has 0 aromatic carbocycles. The molecule has 0 saturated carbocycles. The Morgan fingerprint density at radius 3 is 2.82 bits per heavy atom. The lowest BCUT2D eigenvalue weighted by molar-refractivity contribution is 0.118. The summed E-state index contributed by atoms with van der Waals surface area (Å²) in [4.78, 5) is 8.14. The number of nitrogens with one attached hydrogen (secondary N) is 1. The third-order valence-electron chi connectivity index (χ3n) is 2.24. The van der Waals surface area contributed by atoms with E-state index in [2.05, 4.69) is 29.1 Å². The van der Waals surface area contributed by atoms with E-state index in [0.717, 1.165) is 31.0 Å². The zero-order valence-corrected chi connectivity index (χ0v) is 11.4. The molecule has 0 fully saturated rings. The van der Waals surface area contributed by atoms with Gasteiger partial charge in [0, 0.05) is 18.7 Å². The van der Waals surface area contributed by atoms with Crippen molar-refractivity contribution in [1.29, 1.82) is 0 Å². The molecule has 0 atom stereocenters. The van der Waals surface area contributed by atoms with Crippen LogP contribution in [0.1, 0.15) is 26.3 Å². The number of rotatable bonds is 7. The van der Waals surface area contributed by atoms with Crippen molar-refractivity contribution in [3.63, 3.8) is 0 Å². The Kier molecular flexibility index (Phi) is 6.22. The van der Waals surface area contributed by atoms with Gasteiger partial charge in [-0.2, -0.15) is 0 Å². The molecule has 96 valence electrons. The first-order valence-electron chi connectivity index (χ1n) is 5.96.